The maximum Gasteiger partial charge on any atom is 0.231 e. The molecular weight excluding hydrogens is 319 g/mol. The maximum absolute atomic E-state index is 13.0. The summed E-state index contributed by atoms with van der Waals surface area (Å²) in [6, 6.07) is 12.9. The number of hydrogen-bond donors (Lipinski definition) is 1. The van der Waals surface area contributed by atoms with Gasteiger partial charge in [0.1, 0.15) is 5.82 Å². The van der Waals surface area contributed by atoms with Gasteiger partial charge in [-0.25, -0.2) is 4.39 Å². The van der Waals surface area contributed by atoms with Crippen LogP contribution in [-0.2, 0) is 6.42 Å². The van der Waals surface area contributed by atoms with Crippen molar-refractivity contribution in [3.63, 3.8) is 0 Å². The van der Waals surface area contributed by atoms with Crippen LogP contribution < -0.4 is 15.2 Å². The predicted molar refractivity (Wildman–Crippen MR) is 94.2 cm³/mol. The third kappa shape index (κ3) is 3.62. The first-order valence-corrected chi connectivity index (χ1v) is 8.82. The quantitative estimate of drug-likeness (QED) is 0.926. The number of fused-ring (bicyclic) bond motifs is 1. The van der Waals surface area contributed by atoms with E-state index in [1.165, 1.54) is 17.7 Å². The summed E-state index contributed by atoms with van der Waals surface area (Å²) >= 11 is 0. The molecule has 2 unspecified atom stereocenters. The molecule has 2 atom stereocenters. The van der Waals surface area contributed by atoms with Crippen molar-refractivity contribution >= 4 is 0 Å². The molecular formula is C20H23FN2O2. The number of nitrogens with zero attached hydrogens (tertiary/aromatic N) is 1. The molecule has 1 fully saturated rings. The second-order valence-electron chi connectivity index (χ2n) is 6.81. The SMILES string of the molecule is NC1CC(c2ccc3c(c2)OCO3)CCN1CCc1ccc(F)cc1. The van der Waals surface area contributed by atoms with Gasteiger partial charge in [-0.1, -0.05) is 18.2 Å². The highest BCUT2D eigenvalue weighted by molar-refractivity contribution is 5.45. The number of rotatable bonds is 4. The van der Waals surface area contributed by atoms with Crippen LogP contribution in [-0.4, -0.2) is 30.9 Å². The normalized spacial score (nSPS) is 23.0. The van der Waals surface area contributed by atoms with Crippen molar-refractivity contribution in [3.8, 4) is 11.5 Å². The number of likely N-dealkylation sites (tertiary alicyclic amines) is 1. The Hall–Kier alpha value is -2.11. The van der Waals surface area contributed by atoms with E-state index >= 15 is 0 Å². The van der Waals surface area contributed by atoms with E-state index in [0.717, 1.165) is 49.4 Å². The summed E-state index contributed by atoms with van der Waals surface area (Å²) < 4.78 is 23.8. The molecule has 132 valence electrons. The van der Waals surface area contributed by atoms with E-state index in [2.05, 4.69) is 17.0 Å². The molecule has 0 amide bonds. The van der Waals surface area contributed by atoms with Gasteiger partial charge in [-0.2, -0.15) is 0 Å². The van der Waals surface area contributed by atoms with Gasteiger partial charge in [0.2, 0.25) is 6.79 Å². The Morgan fingerprint density at radius 2 is 1.88 bits per heavy atom. The molecule has 2 aromatic carbocycles. The number of ether oxygens (including phenoxy) is 2. The molecule has 2 heterocycles. The Morgan fingerprint density at radius 3 is 2.68 bits per heavy atom. The molecule has 2 N–H and O–H groups in total. The third-order valence-electron chi connectivity index (χ3n) is 5.23. The van der Waals surface area contributed by atoms with Crippen LogP contribution in [0.5, 0.6) is 11.5 Å². The Morgan fingerprint density at radius 1 is 1.08 bits per heavy atom. The first kappa shape index (κ1) is 16.4. The van der Waals surface area contributed by atoms with Gasteiger partial charge in [0, 0.05) is 13.1 Å². The maximum atomic E-state index is 13.0. The zero-order valence-corrected chi connectivity index (χ0v) is 14.2. The molecule has 2 aliphatic heterocycles. The molecule has 0 saturated carbocycles. The smallest absolute Gasteiger partial charge is 0.231 e. The van der Waals surface area contributed by atoms with Crippen LogP contribution in [0, 0.1) is 5.82 Å². The van der Waals surface area contributed by atoms with E-state index in [-0.39, 0.29) is 12.0 Å². The van der Waals surface area contributed by atoms with E-state index in [4.69, 9.17) is 15.2 Å². The van der Waals surface area contributed by atoms with Gasteiger partial charge in [-0.15, -0.1) is 0 Å². The van der Waals surface area contributed by atoms with E-state index in [1.54, 1.807) is 0 Å². The van der Waals surface area contributed by atoms with Crippen LogP contribution >= 0.6 is 0 Å². The molecule has 2 aliphatic rings. The van der Waals surface area contributed by atoms with Crippen LogP contribution in [0.3, 0.4) is 0 Å². The van der Waals surface area contributed by atoms with Crippen LogP contribution in [0.2, 0.25) is 0 Å². The Balaban J connectivity index is 1.34. The molecule has 0 radical (unpaired) electrons. The molecule has 25 heavy (non-hydrogen) atoms. The van der Waals surface area contributed by atoms with Crippen molar-refractivity contribution in [2.24, 2.45) is 5.73 Å². The fourth-order valence-electron chi connectivity index (χ4n) is 3.72. The van der Waals surface area contributed by atoms with E-state index < -0.39 is 0 Å². The van der Waals surface area contributed by atoms with Gasteiger partial charge in [-0.3, -0.25) is 4.90 Å². The fraction of sp³-hybridized carbons (Fsp3) is 0.400. The van der Waals surface area contributed by atoms with Crippen LogP contribution in [0.15, 0.2) is 42.5 Å². The minimum atomic E-state index is -0.190. The summed E-state index contributed by atoms with van der Waals surface area (Å²) in [5, 5.41) is 0. The topological polar surface area (TPSA) is 47.7 Å². The van der Waals surface area contributed by atoms with E-state index in [9.17, 15) is 4.39 Å². The van der Waals surface area contributed by atoms with Crippen LogP contribution in [0.4, 0.5) is 4.39 Å². The second-order valence-corrected chi connectivity index (χ2v) is 6.81. The standard InChI is InChI=1S/C20H23FN2O2/c21-17-4-1-14(2-5-17)7-9-23-10-8-16(12-20(23)22)15-3-6-18-19(11-15)25-13-24-18/h1-6,11,16,20H,7-10,12-13,22H2. The summed E-state index contributed by atoms with van der Waals surface area (Å²) in [6.45, 7) is 2.18. The zero-order valence-electron chi connectivity index (χ0n) is 14.2. The lowest BCUT2D eigenvalue weighted by molar-refractivity contribution is 0.140. The van der Waals surface area contributed by atoms with Crippen molar-refractivity contribution in [3.05, 3.63) is 59.4 Å². The van der Waals surface area contributed by atoms with Gasteiger partial charge in [-0.05, 0) is 60.6 Å². The average Bonchev–Trinajstić information content (AvgIpc) is 3.10. The molecule has 0 bridgehead atoms. The summed E-state index contributed by atoms with van der Waals surface area (Å²) in [5.74, 6) is 1.92. The number of nitrogens with two attached hydrogens (primary N) is 1. The number of hydrogen-bond acceptors (Lipinski definition) is 4. The molecule has 0 spiro atoms. The molecule has 4 nitrogen and oxygen atoms in total. The van der Waals surface area contributed by atoms with Gasteiger partial charge >= 0.3 is 0 Å². The first-order chi connectivity index (χ1) is 12.2. The minimum Gasteiger partial charge on any atom is -0.454 e. The first-order valence-electron chi connectivity index (χ1n) is 8.82. The average molecular weight is 342 g/mol. The van der Waals surface area contributed by atoms with Crippen molar-refractivity contribution in [2.45, 2.75) is 31.3 Å². The largest absolute Gasteiger partial charge is 0.454 e. The molecule has 2 aromatic rings. The van der Waals surface area contributed by atoms with E-state index in [0.29, 0.717) is 12.7 Å². The molecule has 5 heteroatoms. The Labute approximate surface area is 147 Å². The summed E-state index contributed by atoms with van der Waals surface area (Å²) in [6.07, 6.45) is 2.95. The second kappa shape index (κ2) is 7.02. The lowest BCUT2D eigenvalue weighted by Crippen LogP contribution is -2.48. The monoisotopic (exact) mass is 342 g/mol. The number of halogens is 1. The third-order valence-corrected chi connectivity index (χ3v) is 5.23. The molecule has 0 aliphatic carbocycles. The summed E-state index contributed by atoms with van der Waals surface area (Å²) in [4.78, 5) is 2.33. The Kier molecular flexibility index (Phi) is 4.59. The highest BCUT2D eigenvalue weighted by Gasteiger charge is 2.27. The zero-order chi connectivity index (χ0) is 17.2. The van der Waals surface area contributed by atoms with Crippen LogP contribution in [0.1, 0.15) is 29.9 Å². The highest BCUT2D eigenvalue weighted by atomic mass is 19.1. The predicted octanol–water partition coefficient (Wildman–Crippen LogP) is 3.26. The van der Waals surface area contributed by atoms with Crippen molar-refractivity contribution in [1.82, 2.24) is 4.90 Å². The number of piperidine rings is 1. The van der Waals surface area contributed by atoms with Crippen molar-refractivity contribution < 1.29 is 13.9 Å². The van der Waals surface area contributed by atoms with Gasteiger partial charge in [0.05, 0.1) is 6.17 Å². The summed E-state index contributed by atoms with van der Waals surface area (Å²) in [7, 11) is 0. The van der Waals surface area contributed by atoms with Crippen LogP contribution in [0.25, 0.3) is 0 Å². The molecule has 4 rings (SSSR count). The number of benzene rings is 2. The highest BCUT2D eigenvalue weighted by Crippen LogP contribution is 2.38. The lowest BCUT2D eigenvalue weighted by atomic mass is 9.87. The minimum absolute atomic E-state index is 0.0459. The van der Waals surface area contributed by atoms with Gasteiger partial charge < -0.3 is 15.2 Å². The van der Waals surface area contributed by atoms with Gasteiger partial charge in [0.15, 0.2) is 11.5 Å². The van der Waals surface area contributed by atoms with Gasteiger partial charge in [0.25, 0.3) is 0 Å². The molecule has 0 aromatic heterocycles. The lowest BCUT2D eigenvalue weighted by Gasteiger charge is -2.37. The van der Waals surface area contributed by atoms with Crippen molar-refractivity contribution in [2.75, 3.05) is 19.9 Å². The summed E-state index contributed by atoms with van der Waals surface area (Å²) in [5.41, 5.74) is 8.84. The Bertz CT molecular complexity index is 735. The van der Waals surface area contributed by atoms with Crippen molar-refractivity contribution in [1.29, 1.82) is 0 Å². The van der Waals surface area contributed by atoms with E-state index in [1.807, 2.05) is 18.2 Å². The molecule has 1 saturated heterocycles. The fourth-order valence-corrected chi connectivity index (χ4v) is 3.72.